The number of hydrogen-bond acceptors (Lipinski definition) is 2. The third-order valence-corrected chi connectivity index (χ3v) is 3.02. The van der Waals surface area contributed by atoms with E-state index in [9.17, 15) is 0 Å². The van der Waals surface area contributed by atoms with Crippen molar-refractivity contribution in [2.75, 3.05) is 5.32 Å². The summed E-state index contributed by atoms with van der Waals surface area (Å²) in [5.41, 5.74) is 5.11. The van der Waals surface area contributed by atoms with Crippen LogP contribution in [-0.4, -0.2) is 9.55 Å². The maximum Gasteiger partial charge on any atom is 0.127 e. The molecule has 1 aromatic heterocycles. The first-order chi connectivity index (χ1) is 8.08. The second kappa shape index (κ2) is 4.62. The second-order valence-corrected chi connectivity index (χ2v) is 4.58. The monoisotopic (exact) mass is 229 g/mol. The maximum absolute atomic E-state index is 4.31. The minimum absolute atomic E-state index is 0.758. The van der Waals surface area contributed by atoms with E-state index in [1.54, 1.807) is 0 Å². The van der Waals surface area contributed by atoms with E-state index < -0.39 is 0 Å². The van der Waals surface area contributed by atoms with Crippen LogP contribution >= 0.6 is 0 Å². The zero-order valence-corrected chi connectivity index (χ0v) is 10.9. The van der Waals surface area contributed by atoms with Crippen LogP contribution in [0, 0.1) is 20.8 Å². The average molecular weight is 229 g/mol. The summed E-state index contributed by atoms with van der Waals surface area (Å²) in [6, 6.07) is 4.40. The molecule has 2 rings (SSSR count). The molecule has 0 bridgehead atoms. The fraction of sp³-hybridized carbons (Fsp3) is 0.357. The van der Waals surface area contributed by atoms with E-state index in [-0.39, 0.29) is 0 Å². The number of rotatable bonds is 3. The Hall–Kier alpha value is -1.77. The lowest BCUT2D eigenvalue weighted by atomic mass is 10.1. The summed E-state index contributed by atoms with van der Waals surface area (Å²) in [6.45, 7) is 7.16. The number of anilines is 1. The van der Waals surface area contributed by atoms with Crippen LogP contribution in [0.1, 0.15) is 22.5 Å². The molecule has 90 valence electrons. The second-order valence-electron chi connectivity index (χ2n) is 4.58. The predicted molar refractivity (Wildman–Crippen MR) is 71.2 cm³/mol. The van der Waals surface area contributed by atoms with Gasteiger partial charge < -0.3 is 9.88 Å². The zero-order chi connectivity index (χ0) is 12.4. The first kappa shape index (κ1) is 11.7. The minimum Gasteiger partial charge on any atom is -0.377 e. The molecule has 17 heavy (non-hydrogen) atoms. The van der Waals surface area contributed by atoms with Gasteiger partial charge in [-0.1, -0.05) is 17.7 Å². The van der Waals surface area contributed by atoms with Crippen LogP contribution in [0.3, 0.4) is 0 Å². The Bertz CT molecular complexity index is 503. The molecule has 0 aliphatic rings. The Morgan fingerprint density at radius 3 is 2.35 bits per heavy atom. The third-order valence-electron chi connectivity index (χ3n) is 3.02. The molecule has 0 saturated heterocycles. The molecule has 1 heterocycles. The van der Waals surface area contributed by atoms with Gasteiger partial charge in [0.05, 0.1) is 6.54 Å². The van der Waals surface area contributed by atoms with Crippen molar-refractivity contribution in [2.45, 2.75) is 27.3 Å². The lowest BCUT2D eigenvalue weighted by molar-refractivity contribution is 0.812. The quantitative estimate of drug-likeness (QED) is 0.877. The van der Waals surface area contributed by atoms with Crippen molar-refractivity contribution in [2.24, 2.45) is 7.05 Å². The van der Waals surface area contributed by atoms with Gasteiger partial charge in [0.2, 0.25) is 0 Å². The van der Waals surface area contributed by atoms with E-state index in [1.165, 1.54) is 22.4 Å². The van der Waals surface area contributed by atoms with E-state index in [0.29, 0.717) is 0 Å². The Balaban J connectivity index is 2.17. The lowest BCUT2D eigenvalue weighted by Crippen LogP contribution is -2.07. The Labute approximate surface area is 103 Å². The van der Waals surface area contributed by atoms with Gasteiger partial charge >= 0.3 is 0 Å². The van der Waals surface area contributed by atoms with E-state index in [0.717, 1.165) is 12.4 Å². The summed E-state index contributed by atoms with van der Waals surface area (Å²) in [7, 11) is 2.01. The predicted octanol–water partition coefficient (Wildman–Crippen LogP) is 2.96. The molecule has 0 amide bonds. The van der Waals surface area contributed by atoms with E-state index >= 15 is 0 Å². The van der Waals surface area contributed by atoms with Crippen molar-refractivity contribution >= 4 is 5.69 Å². The summed E-state index contributed by atoms with van der Waals surface area (Å²) in [5, 5.41) is 3.47. The molecule has 1 N–H and O–H groups in total. The van der Waals surface area contributed by atoms with E-state index in [4.69, 9.17) is 0 Å². The van der Waals surface area contributed by atoms with Gasteiger partial charge in [-0.3, -0.25) is 0 Å². The van der Waals surface area contributed by atoms with Gasteiger partial charge in [-0.15, -0.1) is 0 Å². The van der Waals surface area contributed by atoms with Crippen LogP contribution in [0.4, 0.5) is 5.69 Å². The standard InChI is InChI=1S/C14H19N3/c1-10-7-11(2)14(12(3)8-10)16-9-13-15-5-6-17(13)4/h5-8,16H,9H2,1-4H3. The lowest BCUT2D eigenvalue weighted by Gasteiger charge is -2.13. The molecular weight excluding hydrogens is 210 g/mol. The number of imidazole rings is 1. The van der Waals surface area contributed by atoms with Crippen molar-refractivity contribution < 1.29 is 0 Å². The molecule has 0 aliphatic carbocycles. The summed E-state index contributed by atoms with van der Waals surface area (Å²) >= 11 is 0. The average Bonchev–Trinajstić information content (AvgIpc) is 2.62. The Kier molecular flexibility index (Phi) is 3.18. The minimum atomic E-state index is 0.758. The Morgan fingerprint density at radius 2 is 1.82 bits per heavy atom. The molecule has 0 saturated carbocycles. The molecule has 0 aliphatic heterocycles. The smallest absolute Gasteiger partial charge is 0.127 e. The van der Waals surface area contributed by atoms with Crippen LogP contribution in [0.15, 0.2) is 24.5 Å². The van der Waals surface area contributed by atoms with Crippen molar-refractivity contribution in [1.29, 1.82) is 0 Å². The third kappa shape index (κ3) is 2.49. The molecule has 0 unspecified atom stereocenters. The van der Waals surface area contributed by atoms with Crippen LogP contribution in [-0.2, 0) is 13.6 Å². The molecule has 0 fully saturated rings. The number of benzene rings is 1. The van der Waals surface area contributed by atoms with E-state index in [1.807, 2.05) is 24.0 Å². The number of nitrogens with zero attached hydrogens (tertiary/aromatic N) is 2. The molecule has 0 radical (unpaired) electrons. The van der Waals surface area contributed by atoms with Gasteiger partial charge in [0.15, 0.2) is 0 Å². The SMILES string of the molecule is Cc1cc(C)c(NCc2nccn2C)c(C)c1. The fourth-order valence-electron chi connectivity index (χ4n) is 2.19. The summed E-state index contributed by atoms with van der Waals surface area (Å²) in [5.74, 6) is 1.05. The highest BCUT2D eigenvalue weighted by Crippen LogP contribution is 2.22. The van der Waals surface area contributed by atoms with Crippen LogP contribution in [0.2, 0.25) is 0 Å². The van der Waals surface area contributed by atoms with Crippen LogP contribution in [0.5, 0.6) is 0 Å². The van der Waals surface area contributed by atoms with Crippen molar-refractivity contribution in [3.63, 3.8) is 0 Å². The fourth-order valence-corrected chi connectivity index (χ4v) is 2.19. The van der Waals surface area contributed by atoms with Crippen molar-refractivity contribution in [1.82, 2.24) is 9.55 Å². The molecule has 3 nitrogen and oxygen atoms in total. The highest BCUT2D eigenvalue weighted by Gasteiger charge is 2.05. The normalized spacial score (nSPS) is 10.6. The number of aryl methyl sites for hydroxylation is 4. The number of nitrogens with one attached hydrogen (secondary N) is 1. The number of hydrogen-bond donors (Lipinski definition) is 1. The topological polar surface area (TPSA) is 29.9 Å². The van der Waals surface area contributed by atoms with Crippen LogP contribution in [0.25, 0.3) is 0 Å². The van der Waals surface area contributed by atoms with Gasteiger partial charge in [0, 0.05) is 25.1 Å². The van der Waals surface area contributed by atoms with E-state index in [2.05, 4.69) is 43.2 Å². The first-order valence-corrected chi connectivity index (χ1v) is 5.86. The molecule has 3 heteroatoms. The zero-order valence-electron chi connectivity index (χ0n) is 10.9. The Morgan fingerprint density at radius 1 is 1.18 bits per heavy atom. The van der Waals surface area contributed by atoms with Crippen molar-refractivity contribution in [3.8, 4) is 0 Å². The molecule has 2 aromatic rings. The van der Waals surface area contributed by atoms with Gasteiger partial charge in [-0.2, -0.15) is 0 Å². The van der Waals surface area contributed by atoms with Gasteiger partial charge in [0.25, 0.3) is 0 Å². The molecular formula is C14H19N3. The molecule has 0 atom stereocenters. The maximum atomic E-state index is 4.31. The highest BCUT2D eigenvalue weighted by atomic mass is 15.1. The van der Waals surface area contributed by atoms with Gasteiger partial charge in [-0.05, 0) is 31.9 Å². The molecule has 0 spiro atoms. The summed E-state index contributed by atoms with van der Waals surface area (Å²) in [4.78, 5) is 4.31. The molecule has 1 aromatic carbocycles. The largest absolute Gasteiger partial charge is 0.377 e. The number of aromatic nitrogens is 2. The van der Waals surface area contributed by atoms with Crippen molar-refractivity contribution in [3.05, 3.63) is 47.0 Å². The first-order valence-electron chi connectivity index (χ1n) is 5.86. The van der Waals surface area contributed by atoms with Gasteiger partial charge in [0.1, 0.15) is 5.82 Å². The highest BCUT2D eigenvalue weighted by molar-refractivity contribution is 5.58. The summed E-state index contributed by atoms with van der Waals surface area (Å²) < 4.78 is 2.03. The van der Waals surface area contributed by atoms with Crippen LogP contribution < -0.4 is 5.32 Å². The summed E-state index contributed by atoms with van der Waals surface area (Å²) in [6.07, 6.45) is 3.79. The van der Waals surface area contributed by atoms with Gasteiger partial charge in [-0.25, -0.2) is 4.98 Å².